The number of aliphatic imine (C=N–C) groups is 1. The minimum atomic E-state index is -0.669. The summed E-state index contributed by atoms with van der Waals surface area (Å²) in [5.41, 5.74) is 11.0. The van der Waals surface area contributed by atoms with E-state index in [0.717, 1.165) is 16.7 Å². The molecule has 0 fully saturated rings. The fraction of sp³-hybridized carbons (Fsp3) is 0.467. The van der Waals surface area contributed by atoms with Gasteiger partial charge in [-0.25, -0.2) is 5.01 Å². The van der Waals surface area contributed by atoms with Gasteiger partial charge in [-0.2, -0.15) is 0 Å². The number of hydrazine groups is 1. The summed E-state index contributed by atoms with van der Waals surface area (Å²) in [5.74, 6) is -0.321. The van der Waals surface area contributed by atoms with E-state index in [1.165, 1.54) is 0 Å². The average molecular weight is 276 g/mol. The predicted molar refractivity (Wildman–Crippen MR) is 82.4 cm³/mol. The van der Waals surface area contributed by atoms with E-state index in [0.29, 0.717) is 6.54 Å². The third-order valence-electron chi connectivity index (χ3n) is 3.30. The Balaban J connectivity index is 3.00. The quantitative estimate of drug-likeness (QED) is 0.468. The second kappa shape index (κ2) is 6.52. The van der Waals surface area contributed by atoms with Crippen molar-refractivity contribution in [2.24, 2.45) is 10.7 Å². The molecule has 1 aromatic carbocycles. The first-order valence-corrected chi connectivity index (χ1v) is 6.56. The van der Waals surface area contributed by atoms with Gasteiger partial charge in [-0.05, 0) is 31.9 Å². The maximum Gasteiger partial charge on any atom is 0.227 e. The predicted octanol–water partition coefficient (Wildman–Crippen LogP) is 1.35. The van der Waals surface area contributed by atoms with E-state index in [2.05, 4.69) is 16.5 Å². The maximum atomic E-state index is 11.6. The van der Waals surface area contributed by atoms with Gasteiger partial charge in [0.05, 0.1) is 11.8 Å². The molecule has 1 rings (SSSR count). The first-order chi connectivity index (χ1) is 9.27. The van der Waals surface area contributed by atoms with E-state index in [4.69, 9.17) is 5.73 Å². The molecule has 1 amide bonds. The molecule has 1 aromatic rings. The molecule has 0 radical (unpaired) electrons. The number of carbonyl (C=O) groups is 1. The van der Waals surface area contributed by atoms with Gasteiger partial charge in [-0.1, -0.05) is 23.8 Å². The summed E-state index contributed by atoms with van der Waals surface area (Å²) in [5, 5.41) is 1.92. The van der Waals surface area contributed by atoms with Gasteiger partial charge in [0.25, 0.3) is 0 Å². The van der Waals surface area contributed by atoms with Crippen molar-refractivity contribution in [3.63, 3.8) is 0 Å². The van der Waals surface area contributed by atoms with Crippen molar-refractivity contribution in [3.8, 4) is 0 Å². The van der Waals surface area contributed by atoms with E-state index >= 15 is 0 Å². The van der Waals surface area contributed by atoms with Crippen molar-refractivity contribution in [1.82, 2.24) is 10.4 Å². The van der Waals surface area contributed by atoms with Crippen LogP contribution in [0.25, 0.3) is 0 Å². The lowest BCUT2D eigenvalue weighted by atomic mass is 9.82. The lowest BCUT2D eigenvalue weighted by molar-refractivity contribution is -0.122. The van der Waals surface area contributed by atoms with Crippen LogP contribution in [0.4, 0.5) is 0 Å². The average Bonchev–Trinajstić information content (AvgIpc) is 2.35. The van der Waals surface area contributed by atoms with Crippen LogP contribution in [0.5, 0.6) is 0 Å². The first kappa shape index (κ1) is 16.2. The van der Waals surface area contributed by atoms with Gasteiger partial charge in [0.1, 0.15) is 0 Å². The molecule has 0 spiro atoms. The van der Waals surface area contributed by atoms with Crippen molar-refractivity contribution in [2.45, 2.75) is 32.7 Å². The van der Waals surface area contributed by atoms with Crippen molar-refractivity contribution in [2.75, 3.05) is 14.1 Å². The number of aryl methyl sites for hydroxylation is 1. The Morgan fingerprint density at radius 2 is 2.10 bits per heavy atom. The Hall–Kier alpha value is -1.88. The van der Waals surface area contributed by atoms with Crippen LogP contribution < -0.4 is 11.2 Å². The Bertz CT molecular complexity index is 509. The number of nitrogens with zero attached hydrogens (tertiary/aromatic N) is 2. The number of nitrogens with two attached hydrogens (primary N) is 1. The number of benzene rings is 1. The van der Waals surface area contributed by atoms with Crippen molar-refractivity contribution in [1.29, 1.82) is 0 Å². The smallest absolute Gasteiger partial charge is 0.227 e. The van der Waals surface area contributed by atoms with Crippen LogP contribution in [0, 0.1) is 6.92 Å². The number of amides is 1. The number of rotatable bonds is 6. The van der Waals surface area contributed by atoms with Crippen LogP contribution in [0.1, 0.15) is 30.5 Å². The van der Waals surface area contributed by atoms with E-state index < -0.39 is 5.41 Å². The molecule has 5 nitrogen and oxygen atoms in total. The van der Waals surface area contributed by atoms with Gasteiger partial charge in [0.2, 0.25) is 5.91 Å². The fourth-order valence-corrected chi connectivity index (χ4v) is 1.93. The summed E-state index contributed by atoms with van der Waals surface area (Å²) >= 11 is 0. The van der Waals surface area contributed by atoms with Crippen LogP contribution in [0.2, 0.25) is 0 Å². The van der Waals surface area contributed by atoms with E-state index in [9.17, 15) is 4.79 Å². The van der Waals surface area contributed by atoms with Gasteiger partial charge in [-0.3, -0.25) is 9.79 Å². The standard InChI is InChI=1S/C15H24N4O/c1-11-6-12(9-19(5)18-10-17-4)8-13(7-11)15(2,3)14(16)20/h6-8,10H,9H2,1-5H3,(H2,16,20)(H,17,18). The second-order valence-electron chi connectivity index (χ2n) is 5.57. The zero-order valence-electron chi connectivity index (χ0n) is 12.9. The van der Waals surface area contributed by atoms with Crippen LogP contribution in [0.15, 0.2) is 23.2 Å². The number of nitrogens with one attached hydrogen (secondary N) is 1. The molecule has 0 aliphatic carbocycles. The molecule has 20 heavy (non-hydrogen) atoms. The SMILES string of the molecule is CN=CNN(C)Cc1cc(C)cc(C(C)(C)C(N)=O)c1. The number of primary amides is 1. The summed E-state index contributed by atoms with van der Waals surface area (Å²) < 4.78 is 0. The van der Waals surface area contributed by atoms with Crippen LogP contribution in [0.3, 0.4) is 0 Å². The third-order valence-corrected chi connectivity index (χ3v) is 3.30. The molecular weight excluding hydrogens is 252 g/mol. The van der Waals surface area contributed by atoms with Gasteiger partial charge < -0.3 is 11.2 Å². The molecule has 0 aromatic heterocycles. The monoisotopic (exact) mass is 276 g/mol. The molecule has 3 N–H and O–H groups in total. The van der Waals surface area contributed by atoms with Crippen LogP contribution in [-0.4, -0.2) is 31.3 Å². The maximum absolute atomic E-state index is 11.6. The Labute approximate surface area is 120 Å². The summed E-state index contributed by atoms with van der Waals surface area (Å²) in [4.78, 5) is 15.5. The highest BCUT2D eigenvalue weighted by atomic mass is 16.1. The normalized spacial score (nSPS) is 12.1. The molecule has 0 unspecified atom stereocenters. The Morgan fingerprint density at radius 1 is 1.45 bits per heavy atom. The minimum Gasteiger partial charge on any atom is -0.369 e. The molecule has 0 aliphatic heterocycles. The van der Waals surface area contributed by atoms with Crippen molar-refractivity contribution < 1.29 is 4.79 Å². The third kappa shape index (κ3) is 4.06. The highest BCUT2D eigenvalue weighted by Crippen LogP contribution is 2.25. The zero-order chi connectivity index (χ0) is 15.3. The van der Waals surface area contributed by atoms with Crippen LogP contribution >= 0.6 is 0 Å². The zero-order valence-corrected chi connectivity index (χ0v) is 12.9. The van der Waals surface area contributed by atoms with Gasteiger partial charge in [0.15, 0.2) is 0 Å². The molecule has 0 atom stereocenters. The molecule has 110 valence electrons. The van der Waals surface area contributed by atoms with E-state index in [1.54, 1.807) is 13.4 Å². The molecule has 0 bridgehead atoms. The van der Waals surface area contributed by atoms with Gasteiger partial charge >= 0.3 is 0 Å². The molecule has 0 heterocycles. The van der Waals surface area contributed by atoms with Gasteiger partial charge in [0, 0.05) is 20.6 Å². The van der Waals surface area contributed by atoms with Gasteiger partial charge in [-0.15, -0.1) is 0 Å². The number of hydrogen-bond donors (Lipinski definition) is 2. The second-order valence-corrected chi connectivity index (χ2v) is 5.57. The lowest BCUT2D eigenvalue weighted by Gasteiger charge is -2.23. The number of hydrogen-bond acceptors (Lipinski definition) is 3. The summed E-state index contributed by atoms with van der Waals surface area (Å²) in [6, 6.07) is 6.13. The molecule has 0 saturated heterocycles. The van der Waals surface area contributed by atoms with E-state index in [1.807, 2.05) is 45.0 Å². The first-order valence-electron chi connectivity index (χ1n) is 6.56. The minimum absolute atomic E-state index is 0.321. The molecule has 0 aliphatic rings. The highest BCUT2D eigenvalue weighted by Gasteiger charge is 2.27. The molecule has 5 heteroatoms. The topological polar surface area (TPSA) is 70.7 Å². The fourth-order valence-electron chi connectivity index (χ4n) is 1.93. The Morgan fingerprint density at radius 3 is 2.65 bits per heavy atom. The largest absolute Gasteiger partial charge is 0.369 e. The summed E-state index contributed by atoms with van der Waals surface area (Å²) in [6.07, 6.45) is 1.63. The molecule has 0 saturated carbocycles. The molecular formula is C15H24N4O. The van der Waals surface area contributed by atoms with Crippen molar-refractivity contribution >= 4 is 12.2 Å². The summed E-state index contributed by atoms with van der Waals surface area (Å²) in [6.45, 7) is 6.42. The highest BCUT2D eigenvalue weighted by molar-refractivity contribution is 5.85. The van der Waals surface area contributed by atoms with Crippen LogP contribution in [-0.2, 0) is 16.8 Å². The summed E-state index contributed by atoms with van der Waals surface area (Å²) in [7, 11) is 3.64. The lowest BCUT2D eigenvalue weighted by Crippen LogP contribution is -2.36. The van der Waals surface area contributed by atoms with E-state index in [-0.39, 0.29) is 5.91 Å². The Kier molecular flexibility index (Phi) is 5.27. The van der Waals surface area contributed by atoms with Crippen molar-refractivity contribution in [3.05, 3.63) is 34.9 Å². The number of carbonyl (C=O) groups excluding carboxylic acids is 1.